The van der Waals surface area contributed by atoms with Crippen LogP contribution in [0.5, 0.6) is 11.5 Å². The minimum Gasteiger partial charge on any atom is -0.505 e. The summed E-state index contributed by atoms with van der Waals surface area (Å²) in [5.74, 6) is -1.09. The fraction of sp³-hybridized carbons (Fsp3) is 0.167. The third-order valence-electron chi connectivity index (χ3n) is 4.70. The van der Waals surface area contributed by atoms with Crippen molar-refractivity contribution in [2.45, 2.75) is 26.4 Å². The van der Waals surface area contributed by atoms with E-state index < -0.39 is 5.97 Å². The number of phenols is 1. The first-order chi connectivity index (χ1) is 14.4. The Bertz CT molecular complexity index is 1070. The summed E-state index contributed by atoms with van der Waals surface area (Å²) in [4.78, 5) is 22.9. The molecule has 0 spiro atoms. The summed E-state index contributed by atoms with van der Waals surface area (Å²) in [7, 11) is 0. The molecule has 3 aromatic carbocycles. The first-order valence-electron chi connectivity index (χ1n) is 9.46. The zero-order chi connectivity index (χ0) is 21.7. The second-order valence-corrected chi connectivity index (χ2v) is 7.22. The van der Waals surface area contributed by atoms with Gasteiger partial charge in [0, 0.05) is 6.42 Å². The maximum absolute atomic E-state index is 11.8. The molecule has 3 aromatic rings. The Morgan fingerprint density at radius 1 is 0.967 bits per heavy atom. The van der Waals surface area contributed by atoms with Gasteiger partial charge in [-0.25, -0.2) is 4.79 Å². The Kier molecular flexibility index (Phi) is 6.75. The number of carboxylic acids is 1. The molecule has 0 fully saturated rings. The van der Waals surface area contributed by atoms with Crippen molar-refractivity contribution in [3.05, 3.63) is 93.5 Å². The first kappa shape index (κ1) is 21.4. The highest BCUT2D eigenvalue weighted by Crippen LogP contribution is 2.37. The van der Waals surface area contributed by atoms with E-state index in [9.17, 15) is 14.7 Å². The molecule has 0 aliphatic heterocycles. The molecule has 0 amide bonds. The van der Waals surface area contributed by atoms with Gasteiger partial charge in [0.15, 0.2) is 5.78 Å². The maximum Gasteiger partial charge on any atom is 0.335 e. The Morgan fingerprint density at radius 3 is 2.33 bits per heavy atom. The average molecular weight is 425 g/mol. The standard InChI is InChI=1S/C24H21ClO5/c1-2-20(26)19-10-11-21(22(25)23(19)27)30-14-16-8-6-15(7-9-16)12-17-4-3-5-18(13-17)24(28)29/h3-11,13,27H,2,12,14H2,1H3,(H,28,29). The molecule has 2 N–H and O–H groups in total. The molecular weight excluding hydrogens is 404 g/mol. The van der Waals surface area contributed by atoms with Crippen LogP contribution in [0.4, 0.5) is 0 Å². The number of benzene rings is 3. The van der Waals surface area contributed by atoms with Crippen LogP contribution in [-0.2, 0) is 13.0 Å². The van der Waals surface area contributed by atoms with E-state index in [2.05, 4.69) is 0 Å². The molecule has 0 unspecified atom stereocenters. The Morgan fingerprint density at radius 2 is 1.67 bits per heavy atom. The van der Waals surface area contributed by atoms with Gasteiger partial charge in [0.1, 0.15) is 23.1 Å². The van der Waals surface area contributed by atoms with Crippen LogP contribution in [0.25, 0.3) is 0 Å². The molecule has 0 atom stereocenters. The Labute approximate surface area is 179 Å². The van der Waals surface area contributed by atoms with Gasteiger partial charge >= 0.3 is 5.97 Å². The lowest BCUT2D eigenvalue weighted by Gasteiger charge is -2.12. The summed E-state index contributed by atoms with van der Waals surface area (Å²) in [5.41, 5.74) is 3.32. The lowest BCUT2D eigenvalue weighted by molar-refractivity contribution is 0.0696. The summed E-state index contributed by atoms with van der Waals surface area (Å²) < 4.78 is 5.70. The van der Waals surface area contributed by atoms with E-state index in [4.69, 9.17) is 21.4 Å². The fourth-order valence-corrected chi connectivity index (χ4v) is 3.26. The largest absolute Gasteiger partial charge is 0.505 e. The molecule has 30 heavy (non-hydrogen) atoms. The third-order valence-corrected chi connectivity index (χ3v) is 5.07. The molecule has 0 aliphatic rings. The van der Waals surface area contributed by atoms with Crippen molar-refractivity contribution >= 4 is 23.4 Å². The van der Waals surface area contributed by atoms with Gasteiger partial charge in [-0.1, -0.05) is 54.9 Å². The molecule has 6 heteroatoms. The van der Waals surface area contributed by atoms with Crippen LogP contribution in [0.1, 0.15) is 50.8 Å². The number of carboxylic acid groups (broad SMARTS) is 1. The van der Waals surface area contributed by atoms with E-state index in [0.717, 1.165) is 16.7 Å². The van der Waals surface area contributed by atoms with Crippen molar-refractivity contribution in [1.29, 1.82) is 0 Å². The summed E-state index contributed by atoms with van der Waals surface area (Å²) >= 11 is 6.15. The summed E-state index contributed by atoms with van der Waals surface area (Å²) in [5, 5.41) is 19.3. The zero-order valence-corrected chi connectivity index (χ0v) is 17.1. The Balaban J connectivity index is 1.65. The maximum atomic E-state index is 11.8. The topological polar surface area (TPSA) is 83.8 Å². The van der Waals surface area contributed by atoms with Gasteiger partial charge in [0.05, 0.1) is 11.1 Å². The number of rotatable bonds is 8. The molecule has 0 aromatic heterocycles. The van der Waals surface area contributed by atoms with Crippen LogP contribution in [0, 0.1) is 0 Å². The van der Waals surface area contributed by atoms with Gasteiger partial charge in [-0.15, -0.1) is 0 Å². The number of halogens is 1. The fourth-order valence-electron chi connectivity index (χ4n) is 3.04. The van der Waals surface area contributed by atoms with Crippen LogP contribution in [0.3, 0.4) is 0 Å². The number of hydrogen-bond acceptors (Lipinski definition) is 4. The second-order valence-electron chi connectivity index (χ2n) is 6.84. The molecule has 0 bridgehead atoms. The van der Waals surface area contributed by atoms with E-state index in [1.807, 2.05) is 30.3 Å². The highest BCUT2D eigenvalue weighted by molar-refractivity contribution is 6.34. The van der Waals surface area contributed by atoms with Crippen LogP contribution in [0.15, 0.2) is 60.7 Å². The normalized spacial score (nSPS) is 10.6. The zero-order valence-electron chi connectivity index (χ0n) is 16.4. The number of carbonyl (C=O) groups is 2. The molecule has 154 valence electrons. The monoisotopic (exact) mass is 424 g/mol. The number of aromatic carboxylic acids is 1. The molecule has 0 saturated carbocycles. The quantitative estimate of drug-likeness (QED) is 0.466. The highest BCUT2D eigenvalue weighted by Gasteiger charge is 2.16. The Hall–Kier alpha value is -3.31. The summed E-state index contributed by atoms with van der Waals surface area (Å²) in [6.07, 6.45) is 0.895. The predicted molar refractivity (Wildman–Crippen MR) is 115 cm³/mol. The van der Waals surface area contributed by atoms with Gasteiger partial charge in [0.2, 0.25) is 0 Å². The van der Waals surface area contributed by atoms with Crippen molar-refractivity contribution in [2.75, 3.05) is 0 Å². The first-order valence-corrected chi connectivity index (χ1v) is 9.84. The highest BCUT2D eigenvalue weighted by atomic mass is 35.5. The van der Waals surface area contributed by atoms with Crippen molar-refractivity contribution in [3.63, 3.8) is 0 Å². The van der Waals surface area contributed by atoms with Gasteiger partial charge < -0.3 is 14.9 Å². The number of carbonyl (C=O) groups excluding carboxylic acids is 1. The van der Waals surface area contributed by atoms with Gasteiger partial charge in [-0.2, -0.15) is 0 Å². The van der Waals surface area contributed by atoms with Crippen molar-refractivity contribution in [1.82, 2.24) is 0 Å². The molecular formula is C24H21ClO5. The van der Waals surface area contributed by atoms with Crippen LogP contribution in [0.2, 0.25) is 5.02 Å². The summed E-state index contributed by atoms with van der Waals surface area (Å²) in [6, 6.07) is 17.7. The number of phenolic OH excluding ortho intramolecular Hbond substituents is 1. The molecule has 5 nitrogen and oxygen atoms in total. The number of Topliss-reactive ketones (excluding diaryl/α,β-unsaturated/α-hetero) is 1. The van der Waals surface area contributed by atoms with Crippen LogP contribution >= 0.6 is 11.6 Å². The number of ether oxygens (including phenoxy) is 1. The lowest BCUT2D eigenvalue weighted by Crippen LogP contribution is -2.01. The van der Waals surface area contributed by atoms with Crippen LogP contribution in [-0.4, -0.2) is 22.0 Å². The minimum absolute atomic E-state index is 0.0178. The van der Waals surface area contributed by atoms with E-state index >= 15 is 0 Å². The third kappa shape index (κ3) is 4.99. The minimum atomic E-state index is -0.943. The number of aromatic hydroxyl groups is 1. The van der Waals surface area contributed by atoms with Gasteiger partial charge in [0.25, 0.3) is 0 Å². The predicted octanol–water partition coefficient (Wildman–Crippen LogP) is 5.51. The molecule has 0 heterocycles. The number of ketones is 1. The summed E-state index contributed by atoms with van der Waals surface area (Å²) in [6.45, 7) is 1.96. The molecule has 3 rings (SSSR count). The SMILES string of the molecule is CCC(=O)c1ccc(OCc2ccc(Cc3cccc(C(=O)O)c3)cc2)c(Cl)c1O. The van der Waals surface area contributed by atoms with Gasteiger partial charge in [-0.05, 0) is 47.4 Å². The van der Waals surface area contributed by atoms with E-state index in [0.29, 0.717) is 12.2 Å². The average Bonchev–Trinajstić information content (AvgIpc) is 2.75. The van der Waals surface area contributed by atoms with Crippen molar-refractivity contribution < 1.29 is 24.5 Å². The smallest absolute Gasteiger partial charge is 0.335 e. The van der Waals surface area contributed by atoms with Crippen LogP contribution < -0.4 is 4.74 Å². The van der Waals surface area contributed by atoms with E-state index in [-0.39, 0.29) is 40.7 Å². The second kappa shape index (κ2) is 9.46. The van der Waals surface area contributed by atoms with E-state index in [1.54, 1.807) is 31.2 Å². The van der Waals surface area contributed by atoms with Gasteiger partial charge in [-0.3, -0.25) is 4.79 Å². The lowest BCUT2D eigenvalue weighted by atomic mass is 10.0. The number of hydrogen-bond donors (Lipinski definition) is 2. The molecule has 0 aliphatic carbocycles. The molecule has 0 saturated heterocycles. The molecule has 0 radical (unpaired) electrons. The van der Waals surface area contributed by atoms with Crippen molar-refractivity contribution in [2.24, 2.45) is 0 Å². The van der Waals surface area contributed by atoms with Crippen molar-refractivity contribution in [3.8, 4) is 11.5 Å². The van der Waals surface area contributed by atoms with E-state index in [1.165, 1.54) is 6.07 Å².